The number of hydrogen-bond donors (Lipinski definition) is 0. The molecule has 0 heteroatoms. The molecular weight excluding hydrogens is 168 g/mol. The van der Waals surface area contributed by atoms with Crippen molar-refractivity contribution in [1.29, 1.82) is 0 Å². The van der Waals surface area contributed by atoms with E-state index in [-0.39, 0.29) is 0 Å². The van der Waals surface area contributed by atoms with Gasteiger partial charge in [0.15, 0.2) is 0 Å². The van der Waals surface area contributed by atoms with E-state index < -0.39 is 0 Å². The molecule has 0 aromatic heterocycles. The van der Waals surface area contributed by atoms with Crippen LogP contribution >= 0.6 is 0 Å². The third-order valence-electron chi connectivity index (χ3n) is 3.05. The second-order valence-electron chi connectivity index (χ2n) is 4.32. The van der Waals surface area contributed by atoms with Gasteiger partial charge in [0.2, 0.25) is 0 Å². The van der Waals surface area contributed by atoms with E-state index in [4.69, 9.17) is 0 Å². The molecule has 0 N–H and O–H groups in total. The quantitative estimate of drug-likeness (QED) is 0.554. The molecule has 1 fully saturated rings. The van der Waals surface area contributed by atoms with E-state index in [2.05, 4.69) is 25.7 Å². The Kier molecular flexibility index (Phi) is 5.36. The molecule has 0 aromatic carbocycles. The first-order chi connectivity index (χ1) is 6.83. The maximum Gasteiger partial charge on any atom is -0.0317 e. The van der Waals surface area contributed by atoms with Gasteiger partial charge >= 0.3 is 0 Å². The SMILES string of the molecule is C=C/C=C\C=C(/C)CCC1CCCC1. The Morgan fingerprint density at radius 2 is 2.00 bits per heavy atom. The highest BCUT2D eigenvalue weighted by molar-refractivity contribution is 5.14. The Hall–Kier alpha value is -0.780. The molecule has 1 saturated carbocycles. The van der Waals surface area contributed by atoms with Crippen molar-refractivity contribution in [3.63, 3.8) is 0 Å². The predicted molar refractivity (Wildman–Crippen MR) is 64.3 cm³/mol. The molecule has 1 rings (SSSR count). The molecule has 0 spiro atoms. The van der Waals surface area contributed by atoms with E-state index in [9.17, 15) is 0 Å². The van der Waals surface area contributed by atoms with Crippen molar-refractivity contribution in [2.45, 2.75) is 45.4 Å². The number of hydrogen-bond acceptors (Lipinski definition) is 0. The summed E-state index contributed by atoms with van der Waals surface area (Å²) in [5.41, 5.74) is 1.50. The van der Waals surface area contributed by atoms with Crippen molar-refractivity contribution in [3.8, 4) is 0 Å². The summed E-state index contributed by atoms with van der Waals surface area (Å²) in [5.74, 6) is 1.02. The molecular formula is C14H22. The monoisotopic (exact) mass is 190 g/mol. The molecule has 78 valence electrons. The van der Waals surface area contributed by atoms with Gasteiger partial charge in [0.05, 0.1) is 0 Å². The lowest BCUT2D eigenvalue weighted by Gasteiger charge is -2.07. The average molecular weight is 190 g/mol. The van der Waals surface area contributed by atoms with Gasteiger partial charge in [-0.25, -0.2) is 0 Å². The molecule has 0 atom stereocenters. The van der Waals surface area contributed by atoms with Crippen molar-refractivity contribution in [2.24, 2.45) is 5.92 Å². The van der Waals surface area contributed by atoms with Crippen molar-refractivity contribution >= 4 is 0 Å². The van der Waals surface area contributed by atoms with Crippen LogP contribution in [0.5, 0.6) is 0 Å². The van der Waals surface area contributed by atoms with Gasteiger partial charge in [-0.1, -0.05) is 62.1 Å². The topological polar surface area (TPSA) is 0 Å². The molecule has 1 aliphatic rings. The van der Waals surface area contributed by atoms with Crippen LogP contribution in [-0.2, 0) is 0 Å². The zero-order valence-electron chi connectivity index (χ0n) is 9.34. The number of allylic oxidation sites excluding steroid dienone is 5. The molecule has 0 bridgehead atoms. The summed E-state index contributed by atoms with van der Waals surface area (Å²) in [4.78, 5) is 0. The summed E-state index contributed by atoms with van der Waals surface area (Å²) < 4.78 is 0. The minimum Gasteiger partial charge on any atom is -0.0991 e. The van der Waals surface area contributed by atoms with E-state index in [1.807, 2.05) is 12.2 Å². The van der Waals surface area contributed by atoms with Crippen LogP contribution in [0.3, 0.4) is 0 Å². The summed E-state index contributed by atoms with van der Waals surface area (Å²) in [6.45, 7) is 5.88. The molecule has 0 radical (unpaired) electrons. The fourth-order valence-corrected chi connectivity index (χ4v) is 2.11. The first-order valence-electron chi connectivity index (χ1n) is 5.78. The Bertz CT molecular complexity index is 214. The van der Waals surface area contributed by atoms with Crippen LogP contribution < -0.4 is 0 Å². The van der Waals surface area contributed by atoms with Gasteiger partial charge in [-0.15, -0.1) is 0 Å². The lowest BCUT2D eigenvalue weighted by molar-refractivity contribution is 0.503. The van der Waals surface area contributed by atoms with Crippen molar-refractivity contribution in [2.75, 3.05) is 0 Å². The van der Waals surface area contributed by atoms with Gasteiger partial charge in [-0.05, 0) is 25.7 Å². The zero-order valence-corrected chi connectivity index (χ0v) is 9.34. The van der Waals surface area contributed by atoms with Crippen LogP contribution in [0.25, 0.3) is 0 Å². The smallest absolute Gasteiger partial charge is 0.0317 e. The first kappa shape index (κ1) is 11.3. The van der Waals surface area contributed by atoms with Crippen LogP contribution in [0.1, 0.15) is 45.4 Å². The van der Waals surface area contributed by atoms with Crippen LogP contribution in [0, 0.1) is 5.92 Å². The van der Waals surface area contributed by atoms with E-state index in [1.165, 1.54) is 44.1 Å². The van der Waals surface area contributed by atoms with E-state index in [0.717, 1.165) is 5.92 Å². The normalized spacial score (nSPS) is 19.4. The van der Waals surface area contributed by atoms with Gasteiger partial charge in [0, 0.05) is 0 Å². The van der Waals surface area contributed by atoms with Gasteiger partial charge in [0.1, 0.15) is 0 Å². The maximum absolute atomic E-state index is 3.65. The van der Waals surface area contributed by atoms with Gasteiger partial charge < -0.3 is 0 Å². The molecule has 14 heavy (non-hydrogen) atoms. The second kappa shape index (κ2) is 6.64. The summed E-state index contributed by atoms with van der Waals surface area (Å²) in [6, 6.07) is 0. The molecule has 0 nitrogen and oxygen atoms in total. The molecule has 1 aliphatic carbocycles. The lowest BCUT2D eigenvalue weighted by atomic mass is 9.99. The Labute approximate surface area is 88.4 Å². The second-order valence-corrected chi connectivity index (χ2v) is 4.32. The van der Waals surface area contributed by atoms with Gasteiger partial charge in [-0.2, -0.15) is 0 Å². The van der Waals surface area contributed by atoms with Gasteiger partial charge in [-0.3, -0.25) is 0 Å². The van der Waals surface area contributed by atoms with Crippen molar-refractivity contribution < 1.29 is 0 Å². The highest BCUT2D eigenvalue weighted by Crippen LogP contribution is 2.29. The summed E-state index contributed by atoms with van der Waals surface area (Å²) >= 11 is 0. The van der Waals surface area contributed by atoms with Crippen LogP contribution in [0.4, 0.5) is 0 Å². The fourth-order valence-electron chi connectivity index (χ4n) is 2.11. The Balaban J connectivity index is 2.18. The first-order valence-corrected chi connectivity index (χ1v) is 5.78. The average Bonchev–Trinajstić information content (AvgIpc) is 2.68. The Morgan fingerprint density at radius 1 is 1.29 bits per heavy atom. The minimum absolute atomic E-state index is 1.02. The maximum atomic E-state index is 3.65. The summed E-state index contributed by atoms with van der Waals surface area (Å²) in [5, 5.41) is 0. The van der Waals surface area contributed by atoms with E-state index in [1.54, 1.807) is 0 Å². The Morgan fingerprint density at radius 3 is 2.64 bits per heavy atom. The molecule has 0 aliphatic heterocycles. The largest absolute Gasteiger partial charge is 0.0991 e. The van der Waals surface area contributed by atoms with E-state index in [0.29, 0.717) is 0 Å². The number of rotatable bonds is 5. The molecule has 0 saturated heterocycles. The lowest BCUT2D eigenvalue weighted by Crippen LogP contribution is -1.92. The predicted octanol–water partition coefficient (Wildman–Crippen LogP) is 4.65. The molecule has 0 heterocycles. The fraction of sp³-hybridized carbons (Fsp3) is 0.571. The van der Waals surface area contributed by atoms with Crippen molar-refractivity contribution in [1.82, 2.24) is 0 Å². The van der Waals surface area contributed by atoms with E-state index >= 15 is 0 Å². The third-order valence-corrected chi connectivity index (χ3v) is 3.05. The highest BCUT2D eigenvalue weighted by Gasteiger charge is 2.13. The van der Waals surface area contributed by atoms with Crippen molar-refractivity contribution in [3.05, 3.63) is 36.5 Å². The van der Waals surface area contributed by atoms with Crippen LogP contribution in [-0.4, -0.2) is 0 Å². The molecule has 0 aromatic rings. The minimum atomic E-state index is 1.02. The zero-order chi connectivity index (χ0) is 10.2. The van der Waals surface area contributed by atoms with Crippen LogP contribution in [0.15, 0.2) is 36.5 Å². The molecule has 0 amide bonds. The highest BCUT2D eigenvalue weighted by atomic mass is 14.2. The summed E-state index contributed by atoms with van der Waals surface area (Å²) in [6.07, 6.45) is 16.6. The third kappa shape index (κ3) is 4.45. The van der Waals surface area contributed by atoms with Crippen LogP contribution in [0.2, 0.25) is 0 Å². The standard InChI is InChI=1S/C14H22/c1-3-4-5-8-13(2)11-12-14-9-6-7-10-14/h3-5,8,14H,1,6-7,9-12H2,2H3/b5-4-,13-8+. The molecule has 0 unspecified atom stereocenters. The van der Waals surface area contributed by atoms with Gasteiger partial charge in [0.25, 0.3) is 0 Å². The summed E-state index contributed by atoms with van der Waals surface area (Å²) in [7, 11) is 0.